The zero-order valence-corrected chi connectivity index (χ0v) is 27.0. The van der Waals surface area contributed by atoms with Gasteiger partial charge in [-0.2, -0.15) is 0 Å². The highest BCUT2D eigenvalue weighted by Crippen LogP contribution is 2.43. The van der Waals surface area contributed by atoms with E-state index in [1.807, 2.05) is 109 Å². The first-order valence-electron chi connectivity index (χ1n) is 16.8. The van der Waals surface area contributed by atoms with Gasteiger partial charge in [-0.25, -0.2) is 15.0 Å². The van der Waals surface area contributed by atoms with Gasteiger partial charge in [0.25, 0.3) is 0 Å². The van der Waals surface area contributed by atoms with Crippen LogP contribution in [0.2, 0.25) is 0 Å². The molecule has 51 heavy (non-hydrogen) atoms. The maximum atomic E-state index is 6.46. The minimum Gasteiger partial charge on any atom is -0.456 e. The van der Waals surface area contributed by atoms with E-state index in [-0.39, 0.29) is 0 Å². The molecule has 7 aromatic carbocycles. The summed E-state index contributed by atoms with van der Waals surface area (Å²) in [5.74, 6) is 1.81. The van der Waals surface area contributed by atoms with Gasteiger partial charge in [0.2, 0.25) is 0 Å². The molecule has 238 valence electrons. The molecule has 0 aliphatic heterocycles. The lowest BCUT2D eigenvalue weighted by Crippen LogP contribution is -2.00. The largest absolute Gasteiger partial charge is 0.456 e. The van der Waals surface area contributed by atoms with Crippen LogP contribution in [0.5, 0.6) is 0 Å². The fourth-order valence-corrected chi connectivity index (χ4v) is 7.40. The third kappa shape index (κ3) is 4.33. The van der Waals surface area contributed by atoms with Gasteiger partial charge in [0, 0.05) is 55.1 Å². The quantitative estimate of drug-likeness (QED) is 0.188. The first-order valence-corrected chi connectivity index (χ1v) is 16.8. The Labute approximate surface area is 290 Å². The molecule has 0 amide bonds. The van der Waals surface area contributed by atoms with Gasteiger partial charge >= 0.3 is 0 Å². The summed E-state index contributed by atoms with van der Waals surface area (Å²) in [5.41, 5.74) is 9.69. The molecule has 0 fully saturated rings. The van der Waals surface area contributed by atoms with Crippen molar-refractivity contribution >= 4 is 65.8 Å². The maximum Gasteiger partial charge on any atom is 0.164 e. The van der Waals surface area contributed by atoms with E-state index < -0.39 is 0 Å². The first-order chi connectivity index (χ1) is 25.2. The lowest BCUT2D eigenvalue weighted by Gasteiger charge is -2.09. The Balaban J connectivity index is 1.14. The molecule has 4 heterocycles. The second-order valence-corrected chi connectivity index (χ2v) is 12.8. The van der Waals surface area contributed by atoms with E-state index >= 15 is 0 Å². The molecule has 0 saturated heterocycles. The van der Waals surface area contributed by atoms with Crippen LogP contribution in [0, 0.1) is 0 Å². The van der Waals surface area contributed by atoms with Crippen molar-refractivity contribution in [2.75, 3.05) is 0 Å². The summed E-state index contributed by atoms with van der Waals surface area (Å²) < 4.78 is 19.1. The summed E-state index contributed by atoms with van der Waals surface area (Å²) in [5, 5.41) is 6.19. The van der Waals surface area contributed by atoms with Crippen LogP contribution in [0.1, 0.15) is 0 Å². The average molecular weight is 656 g/mol. The molecule has 0 aliphatic rings. The lowest BCUT2D eigenvalue weighted by molar-refractivity contribution is 0.656. The Kier molecular flexibility index (Phi) is 5.86. The van der Waals surface area contributed by atoms with Gasteiger partial charge in [-0.15, -0.1) is 0 Å². The molecule has 0 aliphatic carbocycles. The van der Waals surface area contributed by atoms with Gasteiger partial charge in [-0.1, -0.05) is 109 Å². The molecule has 0 atom stereocenters. The predicted molar refractivity (Wildman–Crippen MR) is 203 cm³/mol. The Morgan fingerprint density at radius 1 is 0.294 bits per heavy atom. The number of hydrogen-bond acceptors (Lipinski definition) is 6. The number of aromatic nitrogens is 3. The monoisotopic (exact) mass is 655 g/mol. The number of hydrogen-bond donors (Lipinski definition) is 0. The van der Waals surface area contributed by atoms with Crippen molar-refractivity contribution in [3.8, 4) is 45.3 Å². The van der Waals surface area contributed by atoms with E-state index in [0.717, 1.165) is 93.6 Å². The molecule has 0 unspecified atom stereocenters. The highest BCUT2D eigenvalue weighted by molar-refractivity contribution is 6.19. The molecule has 4 aromatic heterocycles. The Hall–Kier alpha value is -7.05. The van der Waals surface area contributed by atoms with Crippen molar-refractivity contribution in [3.05, 3.63) is 152 Å². The third-order valence-electron chi connectivity index (χ3n) is 9.74. The van der Waals surface area contributed by atoms with Gasteiger partial charge < -0.3 is 13.3 Å². The summed E-state index contributed by atoms with van der Waals surface area (Å²) in [4.78, 5) is 15.0. The highest BCUT2D eigenvalue weighted by Gasteiger charge is 2.20. The lowest BCUT2D eigenvalue weighted by atomic mass is 9.96. The number of rotatable bonds is 4. The summed E-state index contributed by atoms with van der Waals surface area (Å²) in [6.45, 7) is 0. The van der Waals surface area contributed by atoms with E-state index in [1.54, 1.807) is 0 Å². The number of nitrogens with zero attached hydrogens (tertiary/aromatic N) is 3. The fraction of sp³-hybridized carbons (Fsp3) is 0. The number of benzene rings is 7. The van der Waals surface area contributed by atoms with Crippen molar-refractivity contribution in [2.24, 2.45) is 0 Å². The Bertz CT molecular complexity index is 3080. The van der Waals surface area contributed by atoms with Crippen LogP contribution in [-0.2, 0) is 0 Å². The van der Waals surface area contributed by atoms with E-state index in [9.17, 15) is 0 Å². The normalized spacial score (nSPS) is 11.9. The van der Waals surface area contributed by atoms with Crippen LogP contribution in [0.4, 0.5) is 0 Å². The van der Waals surface area contributed by atoms with Crippen LogP contribution in [0.25, 0.3) is 111 Å². The zero-order valence-electron chi connectivity index (χ0n) is 27.0. The minimum absolute atomic E-state index is 0.584. The number of fused-ring (bicyclic) bond motifs is 9. The first kappa shape index (κ1) is 27.9. The predicted octanol–water partition coefficient (Wildman–Crippen LogP) is 12.2. The second kappa shape index (κ2) is 10.7. The van der Waals surface area contributed by atoms with Crippen LogP contribution in [0.3, 0.4) is 0 Å². The maximum absolute atomic E-state index is 6.46. The smallest absolute Gasteiger partial charge is 0.164 e. The van der Waals surface area contributed by atoms with Crippen molar-refractivity contribution in [1.82, 2.24) is 15.0 Å². The van der Waals surface area contributed by atoms with Crippen LogP contribution < -0.4 is 0 Å². The molecule has 0 bridgehead atoms. The summed E-state index contributed by atoms with van der Waals surface area (Å²) >= 11 is 0. The van der Waals surface area contributed by atoms with Crippen molar-refractivity contribution in [1.29, 1.82) is 0 Å². The van der Waals surface area contributed by atoms with Gasteiger partial charge in [0.15, 0.2) is 17.5 Å². The number of furan rings is 3. The van der Waals surface area contributed by atoms with Crippen LogP contribution >= 0.6 is 0 Å². The average Bonchev–Trinajstić information content (AvgIpc) is 3.87. The van der Waals surface area contributed by atoms with E-state index in [2.05, 4.69) is 42.5 Å². The molecule has 6 nitrogen and oxygen atoms in total. The molecule has 0 N–H and O–H groups in total. The SMILES string of the molecule is c1ccc(-c2nc(-c3ccccc3)nc(-c3cccc4oc5ccc(-c6cccc7oc8cc9oc%10ccccc%10c9cc8c67)cc5c34)n2)cc1. The minimum atomic E-state index is 0.584. The van der Waals surface area contributed by atoms with Crippen LogP contribution in [-0.4, -0.2) is 15.0 Å². The van der Waals surface area contributed by atoms with Gasteiger partial charge in [-0.05, 0) is 47.5 Å². The van der Waals surface area contributed by atoms with Gasteiger partial charge in [0.1, 0.15) is 33.5 Å². The Morgan fingerprint density at radius 3 is 1.57 bits per heavy atom. The molecule has 11 aromatic rings. The number of para-hydroxylation sites is 1. The summed E-state index contributed by atoms with van der Waals surface area (Å²) in [6, 6.07) is 51.1. The fourth-order valence-electron chi connectivity index (χ4n) is 7.40. The molecular formula is C45H25N3O3. The van der Waals surface area contributed by atoms with Crippen molar-refractivity contribution in [3.63, 3.8) is 0 Å². The van der Waals surface area contributed by atoms with E-state index in [1.165, 1.54) is 0 Å². The molecular weight excluding hydrogens is 631 g/mol. The van der Waals surface area contributed by atoms with E-state index in [0.29, 0.717) is 17.5 Å². The molecule has 0 spiro atoms. The molecule has 0 saturated carbocycles. The highest BCUT2D eigenvalue weighted by atomic mass is 16.3. The molecule has 6 heteroatoms. The van der Waals surface area contributed by atoms with Crippen molar-refractivity contribution < 1.29 is 13.3 Å². The third-order valence-corrected chi connectivity index (χ3v) is 9.74. The van der Waals surface area contributed by atoms with Crippen LogP contribution in [0.15, 0.2) is 165 Å². The standard InChI is InChI=1S/C45H25N3O3/c1-3-11-26(12-4-1)43-46-44(27-13-5-2-6-14-27)48-45(47-43)31-17-10-20-38-42(31)33-23-28(21-22-36(33)49-38)29-16-9-19-37-41(29)34-24-32-30-15-7-8-18-35(30)50-39(32)25-40(34)51-37/h1-25H. The Morgan fingerprint density at radius 2 is 0.824 bits per heavy atom. The summed E-state index contributed by atoms with van der Waals surface area (Å²) in [7, 11) is 0. The summed E-state index contributed by atoms with van der Waals surface area (Å²) in [6.07, 6.45) is 0. The molecule has 0 radical (unpaired) electrons. The zero-order chi connectivity index (χ0) is 33.5. The van der Waals surface area contributed by atoms with Gasteiger partial charge in [0.05, 0.1) is 0 Å². The van der Waals surface area contributed by atoms with Crippen molar-refractivity contribution in [2.45, 2.75) is 0 Å². The molecule has 11 rings (SSSR count). The topological polar surface area (TPSA) is 78.1 Å². The van der Waals surface area contributed by atoms with Gasteiger partial charge in [-0.3, -0.25) is 0 Å². The van der Waals surface area contributed by atoms with E-state index in [4.69, 9.17) is 28.2 Å². The second-order valence-electron chi connectivity index (χ2n) is 12.8.